The molecule has 1 amide bonds. The van der Waals surface area contributed by atoms with Crippen LogP contribution in [-0.4, -0.2) is 24.0 Å². The van der Waals surface area contributed by atoms with Gasteiger partial charge in [0.15, 0.2) is 5.78 Å². The predicted molar refractivity (Wildman–Crippen MR) is 97.8 cm³/mol. The van der Waals surface area contributed by atoms with E-state index in [1.54, 1.807) is 23.9 Å². The smallest absolute Gasteiger partial charge is 0.220 e. The van der Waals surface area contributed by atoms with Crippen LogP contribution in [-0.2, 0) is 4.79 Å². The summed E-state index contributed by atoms with van der Waals surface area (Å²) in [5.74, 6) is 0.681. The molecule has 1 heterocycles. The maximum Gasteiger partial charge on any atom is 0.220 e. The topological polar surface area (TPSA) is 46.2 Å². The lowest BCUT2D eigenvalue weighted by Crippen LogP contribution is -2.26. The summed E-state index contributed by atoms with van der Waals surface area (Å²) in [4.78, 5) is 25.4. The number of rotatable bonds is 8. The van der Waals surface area contributed by atoms with Gasteiger partial charge in [-0.2, -0.15) is 0 Å². The molecular weight excluding hydrogens is 350 g/mol. The Kier molecular flexibility index (Phi) is 7.15. The molecule has 6 heteroatoms. The minimum atomic E-state index is -0.0921. The summed E-state index contributed by atoms with van der Waals surface area (Å²) < 4.78 is 0.589. The Balaban J connectivity index is 1.61. The number of carbonyl (C=O) groups is 2. The first-order chi connectivity index (χ1) is 11.0. The number of hydrogen-bond donors (Lipinski definition) is 1. The third-order valence-corrected chi connectivity index (χ3v) is 5.43. The van der Waals surface area contributed by atoms with Crippen LogP contribution in [0.5, 0.6) is 0 Å². The second-order valence-corrected chi connectivity index (χ2v) is 7.92. The number of carbonyl (C=O) groups excluding carboxylic acids is 2. The van der Waals surface area contributed by atoms with Crippen LogP contribution in [0.25, 0.3) is 0 Å². The van der Waals surface area contributed by atoms with Gasteiger partial charge < -0.3 is 5.32 Å². The number of benzene rings is 1. The van der Waals surface area contributed by atoms with Crippen LogP contribution in [0.1, 0.15) is 28.1 Å². The Hall–Kier alpha value is -1.30. The molecule has 1 N–H and O–H groups in total. The normalized spacial score (nSPS) is 10.5. The number of nitrogens with one attached hydrogen (secondary N) is 1. The Bertz CT molecular complexity index is 667. The summed E-state index contributed by atoms with van der Waals surface area (Å²) in [6.45, 7) is 2.65. The molecule has 0 fully saturated rings. The van der Waals surface area contributed by atoms with Gasteiger partial charge >= 0.3 is 0 Å². The second-order valence-electron chi connectivity index (χ2n) is 5.04. The van der Waals surface area contributed by atoms with Crippen LogP contribution in [0.3, 0.4) is 0 Å². The van der Waals surface area contributed by atoms with Crippen LogP contribution in [0.2, 0.25) is 4.34 Å². The Morgan fingerprint density at radius 2 is 1.87 bits per heavy atom. The highest BCUT2D eigenvalue weighted by atomic mass is 35.5. The van der Waals surface area contributed by atoms with Crippen LogP contribution in [0.4, 0.5) is 0 Å². The average molecular weight is 368 g/mol. The summed E-state index contributed by atoms with van der Waals surface area (Å²) >= 11 is 8.74. The summed E-state index contributed by atoms with van der Waals surface area (Å²) in [6.07, 6.45) is 0.428. The van der Waals surface area contributed by atoms with Crippen molar-refractivity contribution in [1.29, 1.82) is 0 Å². The molecule has 0 saturated carbocycles. The van der Waals surface area contributed by atoms with E-state index < -0.39 is 0 Å². The van der Waals surface area contributed by atoms with E-state index in [1.807, 2.05) is 0 Å². The van der Waals surface area contributed by atoms with Crippen molar-refractivity contribution in [3.8, 4) is 0 Å². The van der Waals surface area contributed by atoms with Gasteiger partial charge in [-0.15, -0.1) is 23.1 Å². The minimum Gasteiger partial charge on any atom is -0.355 e. The number of thioether (sulfide) groups is 1. The maximum absolute atomic E-state index is 11.9. The fourth-order valence-electron chi connectivity index (χ4n) is 1.90. The van der Waals surface area contributed by atoms with Crippen molar-refractivity contribution >= 4 is 46.4 Å². The van der Waals surface area contributed by atoms with Crippen LogP contribution >= 0.6 is 34.7 Å². The number of ketones is 1. The molecule has 23 heavy (non-hydrogen) atoms. The molecule has 1 aromatic carbocycles. The van der Waals surface area contributed by atoms with Crippen LogP contribution in [0.15, 0.2) is 41.3 Å². The lowest BCUT2D eigenvalue weighted by atomic mass is 10.2. The Labute approximate surface area is 149 Å². The molecule has 3 nitrogen and oxygen atoms in total. The first-order valence-electron chi connectivity index (χ1n) is 7.29. The molecule has 0 atom stereocenters. The van der Waals surface area contributed by atoms with Crippen molar-refractivity contribution in [2.45, 2.75) is 24.7 Å². The fraction of sp³-hybridized carbons (Fsp3) is 0.294. The fourth-order valence-corrected chi connectivity index (χ4v) is 3.68. The van der Waals surface area contributed by atoms with E-state index in [4.69, 9.17) is 11.6 Å². The van der Waals surface area contributed by atoms with Gasteiger partial charge in [0, 0.05) is 30.0 Å². The zero-order valence-corrected chi connectivity index (χ0v) is 15.2. The summed E-state index contributed by atoms with van der Waals surface area (Å²) in [6, 6.07) is 11.7. The number of thiophene rings is 1. The number of Topliss-reactive ketones (excluding diaryl/α,β-unsaturated/α-hetero) is 1. The van der Waals surface area contributed by atoms with Crippen LogP contribution < -0.4 is 5.32 Å². The van der Waals surface area contributed by atoms with E-state index in [1.165, 1.54) is 21.8 Å². The molecule has 0 saturated heterocycles. The van der Waals surface area contributed by atoms with Crippen molar-refractivity contribution in [2.24, 2.45) is 0 Å². The first kappa shape index (κ1) is 18.0. The quantitative estimate of drug-likeness (QED) is 0.422. The molecule has 1 aromatic heterocycles. The van der Waals surface area contributed by atoms with Gasteiger partial charge in [0.1, 0.15) is 0 Å². The first-order valence-corrected chi connectivity index (χ1v) is 9.47. The van der Waals surface area contributed by atoms with E-state index in [-0.39, 0.29) is 24.5 Å². The molecule has 0 unspecified atom stereocenters. The molecule has 0 bridgehead atoms. The number of hydrogen-bond acceptors (Lipinski definition) is 4. The summed E-state index contributed by atoms with van der Waals surface area (Å²) in [5.41, 5.74) is 1.24. The molecule has 0 spiro atoms. The lowest BCUT2D eigenvalue weighted by Gasteiger charge is -2.05. The van der Waals surface area contributed by atoms with Crippen molar-refractivity contribution < 1.29 is 9.59 Å². The SMILES string of the molecule is Cc1ccc(SCCNC(=O)CCC(=O)c2ccc(Cl)s2)cc1. The van der Waals surface area contributed by atoms with Gasteiger partial charge in [0.05, 0.1) is 9.21 Å². The maximum atomic E-state index is 11.9. The average Bonchev–Trinajstić information content (AvgIpc) is 2.97. The summed E-state index contributed by atoms with van der Waals surface area (Å²) in [7, 11) is 0. The third-order valence-electron chi connectivity index (χ3n) is 3.14. The van der Waals surface area contributed by atoms with Crippen molar-refractivity contribution in [3.05, 3.63) is 51.2 Å². The molecule has 2 rings (SSSR count). The zero-order chi connectivity index (χ0) is 16.7. The van der Waals surface area contributed by atoms with E-state index in [0.29, 0.717) is 15.8 Å². The van der Waals surface area contributed by atoms with E-state index in [0.717, 1.165) is 5.75 Å². The van der Waals surface area contributed by atoms with Gasteiger partial charge in [-0.05, 0) is 31.2 Å². The van der Waals surface area contributed by atoms with Gasteiger partial charge in [0.25, 0.3) is 0 Å². The van der Waals surface area contributed by atoms with Crippen molar-refractivity contribution in [3.63, 3.8) is 0 Å². The largest absolute Gasteiger partial charge is 0.355 e. The Morgan fingerprint density at radius 1 is 1.13 bits per heavy atom. The standard InChI is InChI=1S/C17H18ClNO2S2/c1-12-2-4-13(5-3-12)22-11-10-19-17(21)9-6-14(20)15-7-8-16(18)23-15/h2-5,7-8H,6,9-11H2,1H3,(H,19,21). The molecule has 0 aliphatic heterocycles. The van der Waals surface area contributed by atoms with Gasteiger partial charge in [0.2, 0.25) is 5.91 Å². The number of halogens is 1. The van der Waals surface area contributed by atoms with Crippen molar-refractivity contribution in [1.82, 2.24) is 5.32 Å². The van der Waals surface area contributed by atoms with E-state index in [2.05, 4.69) is 36.5 Å². The molecule has 0 radical (unpaired) electrons. The highest BCUT2D eigenvalue weighted by molar-refractivity contribution is 7.99. The number of aryl methyl sites for hydroxylation is 1. The molecule has 122 valence electrons. The van der Waals surface area contributed by atoms with Gasteiger partial charge in [-0.3, -0.25) is 9.59 Å². The summed E-state index contributed by atoms with van der Waals surface area (Å²) in [5, 5.41) is 2.84. The predicted octanol–water partition coefficient (Wildman–Crippen LogP) is 4.58. The third kappa shape index (κ3) is 6.37. The van der Waals surface area contributed by atoms with E-state index >= 15 is 0 Å². The molecular formula is C17H18ClNO2S2. The van der Waals surface area contributed by atoms with Crippen molar-refractivity contribution in [2.75, 3.05) is 12.3 Å². The Morgan fingerprint density at radius 3 is 2.52 bits per heavy atom. The lowest BCUT2D eigenvalue weighted by molar-refractivity contribution is -0.120. The van der Waals surface area contributed by atoms with Gasteiger partial charge in [-0.25, -0.2) is 0 Å². The minimum absolute atomic E-state index is 0.0360. The van der Waals surface area contributed by atoms with Gasteiger partial charge in [-0.1, -0.05) is 29.3 Å². The zero-order valence-electron chi connectivity index (χ0n) is 12.8. The second kappa shape index (κ2) is 9.11. The monoisotopic (exact) mass is 367 g/mol. The molecule has 2 aromatic rings. The molecule has 0 aliphatic carbocycles. The van der Waals surface area contributed by atoms with E-state index in [9.17, 15) is 9.59 Å². The van der Waals surface area contributed by atoms with Crippen LogP contribution in [0, 0.1) is 6.92 Å². The molecule has 0 aliphatic rings. The highest BCUT2D eigenvalue weighted by Crippen LogP contribution is 2.23. The number of amides is 1. The highest BCUT2D eigenvalue weighted by Gasteiger charge is 2.11.